The fraction of sp³-hybridized carbons (Fsp3) is 0.733. The van der Waals surface area contributed by atoms with Gasteiger partial charge in [-0.2, -0.15) is 0 Å². The van der Waals surface area contributed by atoms with Gasteiger partial charge in [0.25, 0.3) is 0 Å². The van der Waals surface area contributed by atoms with Gasteiger partial charge >= 0.3 is 0 Å². The number of hydrogen-bond acceptors (Lipinski definition) is 1. The molecule has 1 aliphatic carbocycles. The molecule has 0 aliphatic heterocycles. The molecule has 0 bridgehead atoms. The normalized spacial score (nSPS) is 21.5. The highest BCUT2D eigenvalue weighted by atomic mass is 28.4. The van der Waals surface area contributed by atoms with E-state index in [0.717, 1.165) is 0 Å². The molecule has 0 aromatic carbocycles. The highest BCUT2D eigenvalue weighted by Gasteiger charge is 2.35. The molecule has 0 aromatic rings. The molecule has 1 atom stereocenters. The first kappa shape index (κ1) is 14.6. The van der Waals surface area contributed by atoms with E-state index in [1.54, 1.807) is 0 Å². The third-order valence-corrected chi connectivity index (χ3v) is 9.34. The van der Waals surface area contributed by atoms with Gasteiger partial charge in [0.05, 0.1) is 5.76 Å². The molecular weight excluding hydrogens is 224 g/mol. The van der Waals surface area contributed by atoms with Gasteiger partial charge in [0.1, 0.15) is 0 Å². The van der Waals surface area contributed by atoms with Crippen LogP contribution in [0.1, 0.15) is 48.5 Å². The Balaban J connectivity index is 2.98. The molecule has 0 N–H and O–H groups in total. The van der Waals surface area contributed by atoms with E-state index in [2.05, 4.69) is 48.5 Å². The van der Waals surface area contributed by atoms with Crippen molar-refractivity contribution >= 4 is 8.32 Å². The van der Waals surface area contributed by atoms with Crippen molar-refractivity contribution in [3.8, 4) is 0 Å². The van der Waals surface area contributed by atoms with Crippen LogP contribution in [0.15, 0.2) is 22.5 Å². The predicted molar refractivity (Wildman–Crippen MR) is 78.5 cm³/mol. The van der Waals surface area contributed by atoms with Gasteiger partial charge in [0.15, 0.2) is 0 Å². The molecule has 17 heavy (non-hydrogen) atoms. The van der Waals surface area contributed by atoms with Crippen molar-refractivity contribution in [3.63, 3.8) is 0 Å². The highest BCUT2D eigenvalue weighted by molar-refractivity contribution is 6.73. The summed E-state index contributed by atoms with van der Waals surface area (Å²) in [5.41, 5.74) is 4.32. The molecule has 1 aliphatic rings. The van der Waals surface area contributed by atoms with Gasteiger partial charge < -0.3 is 4.43 Å². The van der Waals surface area contributed by atoms with Crippen LogP contribution in [0.25, 0.3) is 0 Å². The monoisotopic (exact) mass is 252 g/mol. The highest BCUT2D eigenvalue weighted by Crippen LogP contribution is 2.40. The summed E-state index contributed by atoms with van der Waals surface area (Å²) in [5.74, 6) is 1.77. The van der Waals surface area contributed by atoms with E-state index in [9.17, 15) is 0 Å². The molecule has 0 fully saturated rings. The Bertz CT molecular complexity index is 340. The van der Waals surface area contributed by atoms with Gasteiger partial charge in [0.2, 0.25) is 8.32 Å². The van der Waals surface area contributed by atoms with Gasteiger partial charge in [-0.1, -0.05) is 33.3 Å². The summed E-state index contributed by atoms with van der Waals surface area (Å²) in [6.45, 7) is 15.9. The van der Waals surface area contributed by atoms with Crippen molar-refractivity contribution in [2.24, 2.45) is 5.92 Å². The Labute approximate surface area is 108 Å². The Morgan fingerprint density at radius 1 is 0.941 bits per heavy atom. The lowest BCUT2D eigenvalue weighted by molar-refractivity contribution is 0.359. The Hall–Kier alpha value is -0.503. The molecule has 0 spiro atoms. The van der Waals surface area contributed by atoms with Gasteiger partial charge in [-0.25, -0.2) is 0 Å². The minimum Gasteiger partial charge on any atom is -0.546 e. The molecule has 2 heteroatoms. The molecular formula is C15H28OSi. The predicted octanol–water partition coefficient (Wildman–Crippen LogP) is 5.27. The summed E-state index contributed by atoms with van der Waals surface area (Å²) < 4.78 is 6.59. The summed E-state index contributed by atoms with van der Waals surface area (Å²) in [5, 5.41) is 0. The van der Waals surface area contributed by atoms with Crippen LogP contribution < -0.4 is 0 Å². The largest absolute Gasteiger partial charge is 0.546 e. The van der Waals surface area contributed by atoms with Gasteiger partial charge in [0, 0.05) is 5.92 Å². The van der Waals surface area contributed by atoms with Gasteiger partial charge in [-0.05, 0) is 50.0 Å². The average Bonchev–Trinajstić information content (AvgIpc) is 2.53. The summed E-state index contributed by atoms with van der Waals surface area (Å²) in [7, 11) is -1.51. The molecule has 0 aromatic heterocycles. The molecule has 1 nitrogen and oxygen atoms in total. The van der Waals surface area contributed by atoms with E-state index >= 15 is 0 Å². The van der Waals surface area contributed by atoms with E-state index < -0.39 is 8.32 Å². The van der Waals surface area contributed by atoms with E-state index in [4.69, 9.17) is 4.43 Å². The van der Waals surface area contributed by atoms with Crippen molar-refractivity contribution in [1.29, 1.82) is 0 Å². The fourth-order valence-corrected chi connectivity index (χ4v) is 5.42. The van der Waals surface area contributed by atoms with E-state index in [1.807, 2.05) is 0 Å². The zero-order valence-electron chi connectivity index (χ0n) is 12.6. The zero-order valence-corrected chi connectivity index (χ0v) is 13.6. The first-order valence-electron chi connectivity index (χ1n) is 6.99. The maximum absolute atomic E-state index is 6.59. The van der Waals surface area contributed by atoms with Crippen molar-refractivity contribution in [1.82, 2.24) is 0 Å². The van der Waals surface area contributed by atoms with Crippen LogP contribution in [0, 0.1) is 5.92 Å². The van der Waals surface area contributed by atoms with Crippen molar-refractivity contribution in [2.75, 3.05) is 0 Å². The standard InChI is InChI=1S/C15H28OSi/c1-8-17(9-2,10-3)16-15-13(6)11(4)12(5)14(15)7/h13H,8-10H2,1-7H3. The maximum atomic E-state index is 6.59. The summed E-state index contributed by atoms with van der Waals surface area (Å²) in [6.07, 6.45) is 0. The first-order chi connectivity index (χ1) is 7.92. The minimum atomic E-state index is -1.51. The topological polar surface area (TPSA) is 9.23 Å². The van der Waals surface area contributed by atoms with Crippen LogP contribution in [0.4, 0.5) is 0 Å². The van der Waals surface area contributed by atoms with E-state index in [0.29, 0.717) is 5.92 Å². The van der Waals surface area contributed by atoms with Crippen LogP contribution in [-0.4, -0.2) is 8.32 Å². The average molecular weight is 252 g/mol. The summed E-state index contributed by atoms with van der Waals surface area (Å²) in [6, 6.07) is 3.67. The molecule has 98 valence electrons. The van der Waals surface area contributed by atoms with Gasteiger partial charge in [-0.15, -0.1) is 0 Å². The van der Waals surface area contributed by atoms with Crippen LogP contribution in [0.5, 0.6) is 0 Å². The lowest BCUT2D eigenvalue weighted by atomic mass is 10.0. The smallest absolute Gasteiger partial charge is 0.250 e. The molecule has 0 amide bonds. The zero-order chi connectivity index (χ0) is 13.2. The Morgan fingerprint density at radius 2 is 1.41 bits per heavy atom. The van der Waals surface area contributed by atoms with Crippen molar-refractivity contribution in [3.05, 3.63) is 22.5 Å². The van der Waals surface area contributed by atoms with Crippen LogP contribution in [0.3, 0.4) is 0 Å². The van der Waals surface area contributed by atoms with Crippen LogP contribution in [-0.2, 0) is 4.43 Å². The second kappa shape index (κ2) is 5.43. The fourth-order valence-electron chi connectivity index (χ4n) is 2.69. The Morgan fingerprint density at radius 3 is 1.71 bits per heavy atom. The van der Waals surface area contributed by atoms with Crippen LogP contribution in [0.2, 0.25) is 18.1 Å². The third kappa shape index (κ3) is 2.52. The Kier molecular flexibility index (Phi) is 4.65. The second-order valence-electron chi connectivity index (χ2n) is 5.36. The SMILES string of the molecule is CC[Si](CC)(CC)OC1=C(C)C(C)=C(C)C1C. The molecule has 1 unspecified atom stereocenters. The van der Waals surface area contributed by atoms with Crippen LogP contribution >= 0.6 is 0 Å². The lowest BCUT2D eigenvalue weighted by Crippen LogP contribution is -2.36. The second-order valence-corrected chi connectivity index (χ2v) is 10.1. The summed E-state index contributed by atoms with van der Waals surface area (Å²) in [4.78, 5) is 0. The minimum absolute atomic E-state index is 0.492. The first-order valence-corrected chi connectivity index (χ1v) is 9.52. The lowest BCUT2D eigenvalue weighted by Gasteiger charge is -2.32. The van der Waals surface area contributed by atoms with E-state index in [-0.39, 0.29) is 0 Å². The maximum Gasteiger partial charge on any atom is 0.250 e. The van der Waals surface area contributed by atoms with Gasteiger partial charge in [-0.3, -0.25) is 0 Å². The number of hydrogen-bond donors (Lipinski definition) is 0. The van der Waals surface area contributed by atoms with Crippen molar-refractivity contribution in [2.45, 2.75) is 66.6 Å². The van der Waals surface area contributed by atoms with Crippen molar-refractivity contribution < 1.29 is 4.43 Å². The number of allylic oxidation sites excluding steroid dienone is 3. The molecule has 0 saturated heterocycles. The third-order valence-electron chi connectivity index (χ3n) is 4.83. The summed E-state index contributed by atoms with van der Waals surface area (Å²) >= 11 is 0. The molecule has 1 rings (SSSR count). The molecule has 0 saturated carbocycles. The molecule has 0 heterocycles. The van der Waals surface area contributed by atoms with E-state index in [1.165, 1.54) is 40.6 Å². The quantitative estimate of drug-likeness (QED) is 0.606. The number of rotatable bonds is 5. The molecule has 0 radical (unpaired) electrons.